The van der Waals surface area contributed by atoms with Crippen molar-refractivity contribution in [1.82, 2.24) is 0 Å². The highest BCUT2D eigenvalue weighted by atomic mass is 35.5. The minimum Gasteiger partial charge on any atom is -0.398 e. The van der Waals surface area contributed by atoms with Gasteiger partial charge in [0, 0.05) is 10.6 Å². The summed E-state index contributed by atoms with van der Waals surface area (Å²) in [4.78, 5) is 1.07. The number of hydrogen-bond acceptors (Lipinski definition) is 2. The normalized spacial score (nSPS) is 10.0. The highest BCUT2D eigenvalue weighted by molar-refractivity contribution is 8.00. The number of alkyl halides is 1. The number of rotatable bonds is 2. The van der Waals surface area contributed by atoms with Gasteiger partial charge in [-0.2, -0.15) is 0 Å². The molecule has 0 spiro atoms. The molecule has 0 atom stereocenters. The lowest BCUT2D eigenvalue weighted by atomic mass is 10.2. The van der Waals surface area contributed by atoms with E-state index in [0.717, 1.165) is 10.6 Å². The fraction of sp³-hybridized carbons (Fsp3) is 0.250. The Bertz CT molecular complexity index is 250. The Labute approximate surface area is 75.9 Å². The lowest BCUT2D eigenvalue weighted by Gasteiger charge is -2.02. The van der Waals surface area contributed by atoms with Gasteiger partial charge < -0.3 is 5.73 Å². The van der Waals surface area contributed by atoms with Crippen LogP contribution in [-0.2, 0) is 0 Å². The molecule has 1 nitrogen and oxygen atoms in total. The quantitative estimate of drug-likeness (QED) is 0.438. The SMILES string of the molecule is Cc1ccc(N)c(SCCl)c1. The van der Waals surface area contributed by atoms with Crippen LogP contribution in [-0.4, -0.2) is 5.21 Å². The summed E-state index contributed by atoms with van der Waals surface area (Å²) < 4.78 is 0. The minimum atomic E-state index is 0.549. The molecule has 0 heterocycles. The van der Waals surface area contributed by atoms with Crippen molar-refractivity contribution in [2.24, 2.45) is 0 Å². The number of aryl methyl sites for hydroxylation is 1. The zero-order chi connectivity index (χ0) is 8.27. The Kier molecular flexibility index (Phi) is 3.09. The third kappa shape index (κ3) is 2.31. The molecule has 0 aromatic heterocycles. The molecule has 0 bridgehead atoms. The molecule has 60 valence electrons. The third-order valence-electron chi connectivity index (χ3n) is 1.38. The molecule has 0 amide bonds. The largest absolute Gasteiger partial charge is 0.398 e. The first-order chi connectivity index (χ1) is 5.24. The summed E-state index contributed by atoms with van der Waals surface area (Å²) in [6.07, 6.45) is 0. The second-order valence-corrected chi connectivity index (χ2v) is 3.90. The maximum Gasteiger partial charge on any atom is 0.0728 e. The molecule has 0 unspecified atom stereocenters. The molecular weight excluding hydrogens is 178 g/mol. The molecule has 0 saturated carbocycles. The predicted octanol–water partition coefficient (Wildman–Crippen LogP) is 2.87. The molecule has 1 aromatic rings. The molecule has 0 saturated heterocycles. The van der Waals surface area contributed by atoms with E-state index >= 15 is 0 Å². The van der Waals surface area contributed by atoms with Gasteiger partial charge in [0.15, 0.2) is 0 Å². The fourth-order valence-corrected chi connectivity index (χ4v) is 1.80. The number of hydrogen-bond donors (Lipinski definition) is 1. The van der Waals surface area contributed by atoms with Gasteiger partial charge in [-0.15, -0.1) is 23.4 Å². The van der Waals surface area contributed by atoms with E-state index in [1.54, 1.807) is 11.8 Å². The molecule has 0 aliphatic rings. The summed E-state index contributed by atoms with van der Waals surface area (Å²) in [7, 11) is 0. The third-order valence-corrected chi connectivity index (χ3v) is 2.48. The minimum absolute atomic E-state index is 0.549. The van der Waals surface area contributed by atoms with Crippen molar-refractivity contribution in [2.45, 2.75) is 11.8 Å². The zero-order valence-corrected chi connectivity index (χ0v) is 7.88. The van der Waals surface area contributed by atoms with Crippen LogP contribution < -0.4 is 5.73 Å². The van der Waals surface area contributed by atoms with Crippen LogP contribution in [0.15, 0.2) is 23.1 Å². The van der Waals surface area contributed by atoms with Crippen LogP contribution in [0.25, 0.3) is 0 Å². The first kappa shape index (κ1) is 8.75. The van der Waals surface area contributed by atoms with Crippen LogP contribution in [0.5, 0.6) is 0 Å². The number of nitrogen functional groups attached to an aromatic ring is 1. The molecule has 0 radical (unpaired) electrons. The van der Waals surface area contributed by atoms with Crippen molar-refractivity contribution in [3.8, 4) is 0 Å². The summed E-state index contributed by atoms with van der Waals surface area (Å²) in [5, 5.41) is 0.549. The van der Waals surface area contributed by atoms with Gasteiger partial charge in [0.2, 0.25) is 0 Å². The molecule has 0 aliphatic carbocycles. The van der Waals surface area contributed by atoms with Crippen LogP contribution in [0.2, 0.25) is 0 Å². The van der Waals surface area contributed by atoms with Gasteiger partial charge in [-0.1, -0.05) is 6.07 Å². The van der Waals surface area contributed by atoms with Gasteiger partial charge in [0.25, 0.3) is 0 Å². The topological polar surface area (TPSA) is 26.0 Å². The molecular formula is C8H10ClNS. The average molecular weight is 188 g/mol. The van der Waals surface area contributed by atoms with E-state index < -0.39 is 0 Å². The Morgan fingerprint density at radius 2 is 2.27 bits per heavy atom. The van der Waals surface area contributed by atoms with E-state index in [4.69, 9.17) is 17.3 Å². The summed E-state index contributed by atoms with van der Waals surface area (Å²) >= 11 is 7.12. The summed E-state index contributed by atoms with van der Waals surface area (Å²) in [5.74, 6) is 0. The molecule has 1 aromatic carbocycles. The van der Waals surface area contributed by atoms with E-state index in [-0.39, 0.29) is 0 Å². The van der Waals surface area contributed by atoms with E-state index in [9.17, 15) is 0 Å². The van der Waals surface area contributed by atoms with Crippen molar-refractivity contribution in [1.29, 1.82) is 0 Å². The van der Waals surface area contributed by atoms with E-state index in [1.165, 1.54) is 5.56 Å². The lowest BCUT2D eigenvalue weighted by Crippen LogP contribution is -1.88. The van der Waals surface area contributed by atoms with Gasteiger partial charge in [0.05, 0.1) is 5.21 Å². The number of nitrogens with two attached hydrogens (primary N) is 1. The molecule has 0 aliphatic heterocycles. The van der Waals surface area contributed by atoms with Gasteiger partial charge in [0.1, 0.15) is 0 Å². The lowest BCUT2D eigenvalue weighted by molar-refractivity contribution is 1.37. The van der Waals surface area contributed by atoms with Crippen molar-refractivity contribution in [3.63, 3.8) is 0 Å². The number of benzene rings is 1. The maximum absolute atomic E-state index is 5.70. The maximum atomic E-state index is 5.70. The summed E-state index contributed by atoms with van der Waals surface area (Å²) in [5.41, 5.74) is 7.72. The Morgan fingerprint density at radius 1 is 1.55 bits per heavy atom. The van der Waals surface area contributed by atoms with Crippen LogP contribution >= 0.6 is 23.4 Å². The van der Waals surface area contributed by atoms with Crippen LogP contribution in [0.4, 0.5) is 5.69 Å². The molecule has 11 heavy (non-hydrogen) atoms. The van der Waals surface area contributed by atoms with E-state index in [2.05, 4.69) is 0 Å². The monoisotopic (exact) mass is 187 g/mol. The van der Waals surface area contributed by atoms with Crippen molar-refractivity contribution in [3.05, 3.63) is 23.8 Å². The first-order valence-corrected chi connectivity index (χ1v) is 4.81. The van der Waals surface area contributed by atoms with Gasteiger partial charge in [-0.3, -0.25) is 0 Å². The van der Waals surface area contributed by atoms with Crippen LogP contribution in [0.3, 0.4) is 0 Å². The van der Waals surface area contributed by atoms with Gasteiger partial charge in [-0.25, -0.2) is 0 Å². The highest BCUT2D eigenvalue weighted by Gasteiger charge is 1.97. The van der Waals surface area contributed by atoms with Crippen molar-refractivity contribution in [2.75, 3.05) is 10.9 Å². The number of anilines is 1. The molecule has 1 rings (SSSR count). The Hall–Kier alpha value is -0.340. The van der Waals surface area contributed by atoms with Crippen molar-refractivity contribution >= 4 is 29.1 Å². The second kappa shape index (κ2) is 3.88. The zero-order valence-electron chi connectivity index (χ0n) is 6.30. The predicted molar refractivity (Wildman–Crippen MR) is 52.2 cm³/mol. The number of halogens is 1. The van der Waals surface area contributed by atoms with Gasteiger partial charge in [-0.05, 0) is 24.6 Å². The van der Waals surface area contributed by atoms with Crippen molar-refractivity contribution < 1.29 is 0 Å². The second-order valence-electron chi connectivity index (χ2n) is 2.29. The highest BCUT2D eigenvalue weighted by Crippen LogP contribution is 2.26. The Balaban J connectivity index is 2.93. The summed E-state index contributed by atoms with van der Waals surface area (Å²) in [6, 6.07) is 5.94. The average Bonchev–Trinajstić information content (AvgIpc) is 1.98. The van der Waals surface area contributed by atoms with Crippen LogP contribution in [0, 0.1) is 6.92 Å². The molecule has 0 fully saturated rings. The van der Waals surface area contributed by atoms with E-state index in [1.807, 2.05) is 25.1 Å². The fourth-order valence-electron chi connectivity index (χ4n) is 0.825. The van der Waals surface area contributed by atoms with Crippen LogP contribution in [0.1, 0.15) is 5.56 Å². The van der Waals surface area contributed by atoms with Gasteiger partial charge >= 0.3 is 0 Å². The first-order valence-electron chi connectivity index (χ1n) is 3.29. The standard InChI is InChI=1S/C8H10ClNS/c1-6-2-3-7(10)8(4-6)11-5-9/h2-4H,5,10H2,1H3. The summed E-state index contributed by atoms with van der Waals surface area (Å²) in [6.45, 7) is 2.04. The smallest absolute Gasteiger partial charge is 0.0728 e. The van der Waals surface area contributed by atoms with E-state index in [0.29, 0.717) is 5.21 Å². The number of thioether (sulfide) groups is 1. The Morgan fingerprint density at radius 3 is 2.91 bits per heavy atom. The molecule has 2 N–H and O–H groups in total. The molecule has 3 heteroatoms.